The number of carbonyl (C=O) groups excluding carboxylic acids is 1. The Bertz CT molecular complexity index is 690. The Morgan fingerprint density at radius 1 is 1.15 bits per heavy atom. The van der Waals surface area contributed by atoms with Gasteiger partial charge in [-0.2, -0.15) is 0 Å². The van der Waals surface area contributed by atoms with Gasteiger partial charge in [-0.15, -0.1) is 0 Å². The molecule has 0 spiro atoms. The summed E-state index contributed by atoms with van der Waals surface area (Å²) in [7, 11) is 0. The Labute approximate surface area is 157 Å². The average molecular weight is 360 g/mol. The normalized spacial score (nSPS) is 28.5. The van der Waals surface area contributed by atoms with Crippen LogP contribution in [0.25, 0.3) is 0 Å². The third kappa shape index (κ3) is 3.48. The van der Waals surface area contributed by atoms with Gasteiger partial charge in [-0.05, 0) is 50.2 Å². The van der Waals surface area contributed by atoms with E-state index in [-0.39, 0.29) is 28.9 Å². The van der Waals surface area contributed by atoms with Gasteiger partial charge in [0, 0.05) is 23.9 Å². The first-order valence-electron chi connectivity index (χ1n) is 9.58. The summed E-state index contributed by atoms with van der Waals surface area (Å²) in [6.45, 7) is 13.7. The van der Waals surface area contributed by atoms with E-state index in [0.717, 1.165) is 12.8 Å². The van der Waals surface area contributed by atoms with Crippen LogP contribution in [0.4, 0.5) is 4.79 Å². The van der Waals surface area contributed by atoms with Crippen LogP contribution in [-0.4, -0.2) is 41.4 Å². The molecule has 4 rings (SSSR count). The van der Waals surface area contributed by atoms with Gasteiger partial charge in [0.2, 0.25) is 0 Å². The second kappa shape index (κ2) is 5.98. The van der Waals surface area contributed by atoms with Crippen molar-refractivity contribution in [3.8, 4) is 0 Å². The zero-order valence-corrected chi connectivity index (χ0v) is 17.1. The molecular weight excluding hydrogens is 326 g/mol. The maximum Gasteiger partial charge on any atom is 0.410 e. The minimum Gasteiger partial charge on any atom is -0.444 e. The second-order valence-corrected chi connectivity index (χ2v) is 10.5. The summed E-state index contributed by atoms with van der Waals surface area (Å²) in [6, 6.07) is 8.76. The number of piperidine rings is 2. The summed E-state index contributed by atoms with van der Waals surface area (Å²) in [5, 5.41) is 9.99. The van der Waals surface area contributed by atoms with E-state index >= 15 is 0 Å². The monoisotopic (exact) mass is 359 g/mol. The van der Waals surface area contributed by atoms with E-state index in [1.54, 1.807) is 4.90 Å². The molecule has 2 saturated heterocycles. The van der Waals surface area contributed by atoms with Crippen molar-refractivity contribution in [1.29, 1.82) is 0 Å². The lowest BCUT2D eigenvalue weighted by Crippen LogP contribution is -2.67. The van der Waals surface area contributed by atoms with Crippen LogP contribution >= 0.6 is 0 Å². The molecule has 2 aliphatic heterocycles. The lowest BCUT2D eigenvalue weighted by molar-refractivity contribution is -0.112. The van der Waals surface area contributed by atoms with Crippen molar-refractivity contribution in [3.05, 3.63) is 35.4 Å². The van der Waals surface area contributed by atoms with E-state index in [4.69, 9.17) is 4.74 Å². The van der Waals surface area contributed by atoms with Crippen LogP contribution < -0.4 is 0 Å². The van der Waals surface area contributed by atoms with Crippen LogP contribution in [0.1, 0.15) is 65.5 Å². The van der Waals surface area contributed by atoms with Crippen LogP contribution in [0, 0.1) is 5.41 Å². The molecule has 0 atom stereocenters. The SMILES string of the molecule is CC(C)(C)OC(=O)N1CC2(CO)CC(c3cccc(C(C)(C)C)c3)(C1)C2. The fourth-order valence-corrected chi connectivity index (χ4v) is 4.66. The smallest absolute Gasteiger partial charge is 0.410 e. The van der Waals surface area contributed by atoms with E-state index in [1.807, 2.05) is 20.8 Å². The Morgan fingerprint density at radius 3 is 2.35 bits per heavy atom. The molecule has 26 heavy (non-hydrogen) atoms. The van der Waals surface area contributed by atoms with Crippen molar-refractivity contribution in [1.82, 2.24) is 4.90 Å². The molecule has 1 saturated carbocycles. The Morgan fingerprint density at radius 2 is 1.81 bits per heavy atom. The molecule has 2 bridgehead atoms. The molecule has 0 unspecified atom stereocenters. The van der Waals surface area contributed by atoms with Gasteiger partial charge in [0.15, 0.2) is 0 Å². The highest BCUT2D eigenvalue weighted by molar-refractivity contribution is 5.69. The maximum absolute atomic E-state index is 12.7. The number of amides is 1. The van der Waals surface area contributed by atoms with Gasteiger partial charge >= 0.3 is 6.09 Å². The molecule has 1 aromatic rings. The highest BCUT2D eigenvalue weighted by atomic mass is 16.6. The Hall–Kier alpha value is -1.55. The zero-order chi connectivity index (χ0) is 19.4. The van der Waals surface area contributed by atoms with E-state index in [9.17, 15) is 9.90 Å². The van der Waals surface area contributed by atoms with Crippen LogP contribution in [0.15, 0.2) is 24.3 Å². The summed E-state index contributed by atoms with van der Waals surface area (Å²) in [6.07, 6.45) is 1.60. The predicted octanol–water partition coefficient (Wildman–Crippen LogP) is 4.25. The van der Waals surface area contributed by atoms with E-state index < -0.39 is 5.60 Å². The molecule has 2 heterocycles. The molecule has 1 aromatic carbocycles. The molecule has 4 heteroatoms. The highest BCUT2D eigenvalue weighted by Crippen LogP contribution is 2.59. The minimum atomic E-state index is -0.510. The Balaban J connectivity index is 1.89. The number of hydrogen-bond acceptors (Lipinski definition) is 3. The topological polar surface area (TPSA) is 49.8 Å². The summed E-state index contributed by atoms with van der Waals surface area (Å²) in [5.41, 5.74) is 1.91. The lowest BCUT2D eigenvalue weighted by Gasteiger charge is -2.63. The van der Waals surface area contributed by atoms with Crippen LogP contribution in [0.2, 0.25) is 0 Å². The number of nitrogens with zero attached hydrogens (tertiary/aromatic N) is 1. The van der Waals surface area contributed by atoms with Gasteiger partial charge in [0.1, 0.15) is 5.60 Å². The van der Waals surface area contributed by atoms with Crippen molar-refractivity contribution >= 4 is 6.09 Å². The van der Waals surface area contributed by atoms with Crippen molar-refractivity contribution < 1.29 is 14.6 Å². The number of fused-ring (bicyclic) bond motifs is 2. The maximum atomic E-state index is 12.7. The first-order chi connectivity index (χ1) is 11.9. The highest BCUT2D eigenvalue weighted by Gasteiger charge is 2.61. The average Bonchev–Trinajstić information content (AvgIpc) is 2.51. The number of aliphatic hydroxyl groups excluding tert-OH is 1. The summed E-state index contributed by atoms with van der Waals surface area (Å²) in [5.74, 6) is 0. The number of rotatable bonds is 2. The largest absolute Gasteiger partial charge is 0.444 e. The van der Waals surface area contributed by atoms with Crippen molar-refractivity contribution in [2.75, 3.05) is 19.7 Å². The van der Waals surface area contributed by atoms with Gasteiger partial charge in [-0.1, -0.05) is 45.0 Å². The second-order valence-electron chi connectivity index (χ2n) is 10.5. The molecular formula is C22H33NO3. The first kappa shape index (κ1) is 19.2. The van der Waals surface area contributed by atoms with E-state index in [1.165, 1.54) is 11.1 Å². The lowest BCUT2D eigenvalue weighted by atomic mass is 9.48. The van der Waals surface area contributed by atoms with E-state index in [0.29, 0.717) is 13.1 Å². The Kier molecular flexibility index (Phi) is 4.42. The van der Waals surface area contributed by atoms with Crippen molar-refractivity contribution in [2.45, 2.75) is 70.8 Å². The van der Waals surface area contributed by atoms with Crippen LogP contribution in [-0.2, 0) is 15.6 Å². The molecule has 144 valence electrons. The molecule has 3 aliphatic rings. The number of carbonyl (C=O) groups is 1. The number of hydrogen-bond donors (Lipinski definition) is 1. The quantitative estimate of drug-likeness (QED) is 0.859. The molecule has 1 amide bonds. The van der Waals surface area contributed by atoms with Crippen molar-refractivity contribution in [2.24, 2.45) is 5.41 Å². The fraction of sp³-hybridized carbons (Fsp3) is 0.682. The van der Waals surface area contributed by atoms with Gasteiger partial charge in [0.05, 0.1) is 6.61 Å². The molecule has 1 N–H and O–H groups in total. The van der Waals surface area contributed by atoms with Crippen LogP contribution in [0.3, 0.4) is 0 Å². The molecule has 0 radical (unpaired) electrons. The predicted molar refractivity (Wildman–Crippen MR) is 103 cm³/mol. The number of ether oxygens (including phenoxy) is 1. The van der Waals surface area contributed by atoms with Gasteiger partial charge in [-0.3, -0.25) is 0 Å². The van der Waals surface area contributed by atoms with Gasteiger partial charge in [0.25, 0.3) is 0 Å². The zero-order valence-electron chi connectivity index (χ0n) is 17.1. The van der Waals surface area contributed by atoms with Crippen LogP contribution in [0.5, 0.6) is 0 Å². The van der Waals surface area contributed by atoms with E-state index in [2.05, 4.69) is 45.0 Å². The third-order valence-corrected chi connectivity index (χ3v) is 5.77. The summed E-state index contributed by atoms with van der Waals surface area (Å²) < 4.78 is 5.60. The van der Waals surface area contributed by atoms with Gasteiger partial charge in [-0.25, -0.2) is 4.79 Å². The fourth-order valence-electron chi connectivity index (χ4n) is 4.66. The van der Waals surface area contributed by atoms with Gasteiger partial charge < -0.3 is 14.7 Å². The summed E-state index contributed by atoms with van der Waals surface area (Å²) >= 11 is 0. The molecule has 0 aromatic heterocycles. The third-order valence-electron chi connectivity index (χ3n) is 5.77. The molecule has 1 aliphatic carbocycles. The number of aliphatic hydroxyl groups is 1. The molecule has 3 fully saturated rings. The minimum absolute atomic E-state index is 0.0703. The first-order valence-corrected chi connectivity index (χ1v) is 9.58. The van der Waals surface area contributed by atoms with Crippen molar-refractivity contribution in [3.63, 3.8) is 0 Å². The number of benzene rings is 1. The molecule has 4 nitrogen and oxygen atoms in total. The summed E-state index contributed by atoms with van der Waals surface area (Å²) in [4.78, 5) is 14.5. The standard InChI is InChI=1S/C22H33NO3/c1-19(2,3)16-8-7-9-17(10-16)22-11-21(12-22,15-24)13-23(14-22)18(25)26-20(4,5)6/h7-10,24H,11-15H2,1-6H3.